The molecular formula is C7H11N3. The number of rotatable bonds is 2. The summed E-state index contributed by atoms with van der Waals surface area (Å²) in [7, 11) is 0. The van der Waals surface area contributed by atoms with Crippen LogP contribution in [0.15, 0.2) is 18.3 Å². The van der Waals surface area contributed by atoms with Gasteiger partial charge in [-0.1, -0.05) is 6.07 Å². The molecule has 0 spiro atoms. The molecule has 0 aliphatic rings. The summed E-state index contributed by atoms with van der Waals surface area (Å²) in [4.78, 5) is 4.06. The Labute approximate surface area is 60.1 Å². The molecule has 4 N–H and O–H groups in total. The van der Waals surface area contributed by atoms with Gasteiger partial charge < -0.3 is 11.5 Å². The third kappa shape index (κ3) is 1.52. The van der Waals surface area contributed by atoms with Crippen LogP contribution in [0.25, 0.3) is 0 Å². The highest BCUT2D eigenvalue weighted by atomic mass is 14.7. The van der Waals surface area contributed by atoms with Crippen molar-refractivity contribution >= 4 is 0 Å². The fraction of sp³-hybridized carbons (Fsp3) is 0.286. The Morgan fingerprint density at radius 1 is 1.20 bits per heavy atom. The molecule has 1 rings (SSSR count). The van der Waals surface area contributed by atoms with E-state index in [0.717, 1.165) is 11.3 Å². The zero-order valence-corrected chi connectivity index (χ0v) is 5.75. The topological polar surface area (TPSA) is 64.9 Å². The van der Waals surface area contributed by atoms with Crippen LogP contribution in [0, 0.1) is 0 Å². The molecule has 0 aliphatic heterocycles. The largest absolute Gasteiger partial charge is 0.326 e. The molecule has 0 bridgehead atoms. The van der Waals surface area contributed by atoms with Crippen LogP contribution in [0.3, 0.4) is 0 Å². The second kappa shape index (κ2) is 3.29. The van der Waals surface area contributed by atoms with E-state index in [-0.39, 0.29) is 0 Å². The van der Waals surface area contributed by atoms with E-state index in [1.165, 1.54) is 0 Å². The van der Waals surface area contributed by atoms with Gasteiger partial charge in [0, 0.05) is 19.3 Å². The van der Waals surface area contributed by atoms with Gasteiger partial charge in [-0.05, 0) is 11.6 Å². The van der Waals surface area contributed by atoms with Crippen molar-refractivity contribution in [3.05, 3.63) is 29.6 Å². The molecule has 0 unspecified atom stereocenters. The van der Waals surface area contributed by atoms with Crippen molar-refractivity contribution in [2.75, 3.05) is 0 Å². The zero-order valence-electron chi connectivity index (χ0n) is 5.75. The summed E-state index contributed by atoms with van der Waals surface area (Å²) < 4.78 is 0. The first kappa shape index (κ1) is 7.18. The maximum atomic E-state index is 5.37. The number of hydrogen-bond donors (Lipinski definition) is 2. The van der Waals surface area contributed by atoms with E-state index in [1.54, 1.807) is 6.20 Å². The highest BCUT2D eigenvalue weighted by Gasteiger charge is 1.90. The summed E-state index contributed by atoms with van der Waals surface area (Å²) >= 11 is 0. The smallest absolute Gasteiger partial charge is 0.0539 e. The van der Waals surface area contributed by atoms with E-state index >= 15 is 0 Å². The average Bonchev–Trinajstić information content (AvgIpc) is 2.05. The Hall–Kier alpha value is -0.930. The van der Waals surface area contributed by atoms with Crippen LogP contribution < -0.4 is 11.5 Å². The fourth-order valence-electron chi connectivity index (χ4n) is 0.697. The van der Waals surface area contributed by atoms with Gasteiger partial charge in [-0.15, -0.1) is 0 Å². The van der Waals surface area contributed by atoms with Gasteiger partial charge in [-0.3, -0.25) is 4.98 Å². The van der Waals surface area contributed by atoms with Gasteiger partial charge in [-0.2, -0.15) is 0 Å². The van der Waals surface area contributed by atoms with Crippen molar-refractivity contribution in [3.8, 4) is 0 Å². The molecule has 0 saturated carbocycles. The quantitative estimate of drug-likeness (QED) is 0.603. The van der Waals surface area contributed by atoms with Crippen molar-refractivity contribution in [3.63, 3.8) is 0 Å². The minimum atomic E-state index is 0.491. The Balaban J connectivity index is 2.80. The predicted octanol–water partition coefficient (Wildman–Crippen LogP) is -0.00100. The molecule has 0 saturated heterocycles. The summed E-state index contributed by atoms with van der Waals surface area (Å²) in [6.07, 6.45) is 1.75. The maximum absolute atomic E-state index is 5.37. The third-order valence-corrected chi connectivity index (χ3v) is 1.33. The summed E-state index contributed by atoms with van der Waals surface area (Å²) in [6, 6.07) is 3.83. The molecule has 10 heavy (non-hydrogen) atoms. The average molecular weight is 137 g/mol. The van der Waals surface area contributed by atoms with Gasteiger partial charge in [-0.25, -0.2) is 0 Å². The number of nitrogens with zero attached hydrogens (tertiary/aromatic N) is 1. The Kier molecular flexibility index (Phi) is 2.36. The third-order valence-electron chi connectivity index (χ3n) is 1.33. The predicted molar refractivity (Wildman–Crippen MR) is 40.0 cm³/mol. The number of nitrogens with two attached hydrogens (primary N) is 2. The standard InChI is InChI=1S/C7H11N3/c8-3-6-1-2-7(4-9)10-5-6/h1-2,5H,3-4,8-9H2. The Bertz CT molecular complexity index is 170. The van der Waals surface area contributed by atoms with Gasteiger partial charge in [0.15, 0.2) is 0 Å². The normalized spacial score (nSPS) is 9.80. The molecule has 3 nitrogen and oxygen atoms in total. The highest BCUT2D eigenvalue weighted by Crippen LogP contribution is 1.97. The van der Waals surface area contributed by atoms with Crippen LogP contribution in [0.2, 0.25) is 0 Å². The molecule has 3 heteroatoms. The van der Waals surface area contributed by atoms with Gasteiger partial charge in [0.25, 0.3) is 0 Å². The molecule has 0 amide bonds. The zero-order chi connectivity index (χ0) is 7.40. The summed E-state index contributed by atoms with van der Waals surface area (Å²) in [5.74, 6) is 0. The molecule has 0 radical (unpaired) electrons. The number of pyridine rings is 1. The van der Waals surface area contributed by atoms with E-state index in [1.807, 2.05) is 12.1 Å². The van der Waals surface area contributed by atoms with Crippen molar-refractivity contribution < 1.29 is 0 Å². The second-order valence-corrected chi connectivity index (χ2v) is 2.07. The van der Waals surface area contributed by atoms with Crippen LogP contribution in [-0.2, 0) is 13.1 Å². The molecule has 1 aromatic rings. The molecular weight excluding hydrogens is 126 g/mol. The Morgan fingerprint density at radius 2 is 2.00 bits per heavy atom. The highest BCUT2D eigenvalue weighted by molar-refractivity contribution is 5.13. The van der Waals surface area contributed by atoms with Crippen molar-refractivity contribution in [1.82, 2.24) is 4.98 Å². The molecule has 0 fully saturated rings. The first-order valence-electron chi connectivity index (χ1n) is 3.20. The lowest BCUT2D eigenvalue weighted by Gasteiger charge is -1.96. The molecule has 54 valence electrons. The van der Waals surface area contributed by atoms with Gasteiger partial charge in [0.2, 0.25) is 0 Å². The van der Waals surface area contributed by atoms with E-state index in [4.69, 9.17) is 11.5 Å². The minimum Gasteiger partial charge on any atom is -0.326 e. The number of hydrogen-bond acceptors (Lipinski definition) is 3. The summed E-state index contributed by atoms with van der Waals surface area (Å²) in [5.41, 5.74) is 12.7. The monoisotopic (exact) mass is 137 g/mol. The van der Waals surface area contributed by atoms with Crippen LogP contribution in [0.1, 0.15) is 11.3 Å². The van der Waals surface area contributed by atoms with Gasteiger partial charge in [0.05, 0.1) is 5.69 Å². The van der Waals surface area contributed by atoms with E-state index in [9.17, 15) is 0 Å². The fourth-order valence-corrected chi connectivity index (χ4v) is 0.697. The SMILES string of the molecule is NCc1ccc(CN)nc1. The van der Waals surface area contributed by atoms with Crippen LogP contribution in [-0.4, -0.2) is 4.98 Å². The molecule has 0 aliphatic carbocycles. The first-order chi connectivity index (χ1) is 4.86. The van der Waals surface area contributed by atoms with Crippen LogP contribution >= 0.6 is 0 Å². The van der Waals surface area contributed by atoms with Gasteiger partial charge >= 0.3 is 0 Å². The van der Waals surface area contributed by atoms with Crippen LogP contribution in [0.5, 0.6) is 0 Å². The molecule has 1 aromatic heterocycles. The lowest BCUT2D eigenvalue weighted by molar-refractivity contribution is 0.963. The summed E-state index contributed by atoms with van der Waals surface area (Å²) in [6.45, 7) is 1.03. The Morgan fingerprint density at radius 3 is 2.40 bits per heavy atom. The van der Waals surface area contributed by atoms with E-state index < -0.39 is 0 Å². The lowest BCUT2D eigenvalue weighted by atomic mass is 10.2. The first-order valence-corrected chi connectivity index (χ1v) is 3.20. The lowest BCUT2D eigenvalue weighted by Crippen LogP contribution is -2.01. The maximum Gasteiger partial charge on any atom is 0.0539 e. The molecule has 0 atom stereocenters. The second-order valence-electron chi connectivity index (χ2n) is 2.07. The van der Waals surface area contributed by atoms with E-state index in [0.29, 0.717) is 13.1 Å². The van der Waals surface area contributed by atoms with Crippen molar-refractivity contribution in [2.24, 2.45) is 11.5 Å². The van der Waals surface area contributed by atoms with Crippen molar-refractivity contribution in [1.29, 1.82) is 0 Å². The van der Waals surface area contributed by atoms with Crippen LogP contribution in [0.4, 0.5) is 0 Å². The van der Waals surface area contributed by atoms with Gasteiger partial charge in [0.1, 0.15) is 0 Å². The molecule has 1 heterocycles. The summed E-state index contributed by atoms with van der Waals surface area (Å²) in [5, 5.41) is 0. The van der Waals surface area contributed by atoms with Crippen molar-refractivity contribution in [2.45, 2.75) is 13.1 Å². The molecule has 0 aromatic carbocycles. The minimum absolute atomic E-state index is 0.491. The van der Waals surface area contributed by atoms with E-state index in [2.05, 4.69) is 4.98 Å². The number of aromatic nitrogens is 1.